The Bertz CT molecular complexity index is 638. The van der Waals surface area contributed by atoms with E-state index in [0.29, 0.717) is 23.3 Å². The van der Waals surface area contributed by atoms with Crippen LogP contribution in [0, 0.1) is 5.92 Å². The molecule has 2 aromatic heterocycles. The van der Waals surface area contributed by atoms with Gasteiger partial charge in [0.15, 0.2) is 11.3 Å². The highest BCUT2D eigenvalue weighted by Crippen LogP contribution is 2.32. The molecule has 2 bridgehead atoms. The third kappa shape index (κ3) is 2.12. The Balaban J connectivity index is 1.55. The Morgan fingerprint density at radius 1 is 1.43 bits per heavy atom. The smallest absolute Gasteiger partial charge is 0.287 e. The van der Waals surface area contributed by atoms with Crippen LogP contribution in [-0.4, -0.2) is 41.0 Å². The molecular weight excluding hydrogens is 266 g/mol. The summed E-state index contributed by atoms with van der Waals surface area (Å²) in [5.74, 6) is 0.822. The lowest BCUT2D eigenvalue weighted by atomic mass is 9.79. The first kappa shape index (κ1) is 12.8. The van der Waals surface area contributed by atoms with Gasteiger partial charge in [-0.05, 0) is 50.9 Å². The summed E-state index contributed by atoms with van der Waals surface area (Å²) in [6.07, 6.45) is 4.06. The van der Waals surface area contributed by atoms with Gasteiger partial charge in [0, 0.05) is 24.3 Å². The molecule has 110 valence electrons. The molecule has 0 radical (unpaired) electrons. The molecule has 0 aliphatic carbocycles. The topological polar surface area (TPSA) is 58.4 Å². The van der Waals surface area contributed by atoms with Gasteiger partial charge in [0.25, 0.3) is 5.91 Å². The van der Waals surface area contributed by atoms with E-state index < -0.39 is 0 Å². The van der Waals surface area contributed by atoms with Gasteiger partial charge in [-0.15, -0.1) is 0 Å². The van der Waals surface area contributed by atoms with Crippen molar-refractivity contribution >= 4 is 17.0 Å². The molecule has 3 saturated heterocycles. The van der Waals surface area contributed by atoms with E-state index in [-0.39, 0.29) is 11.9 Å². The maximum absolute atomic E-state index is 12.5. The predicted octanol–water partition coefficient (Wildman–Crippen LogP) is 2.04. The summed E-state index contributed by atoms with van der Waals surface area (Å²) in [4.78, 5) is 19.1. The average molecular weight is 285 g/mol. The van der Waals surface area contributed by atoms with Crippen molar-refractivity contribution in [1.29, 1.82) is 0 Å². The van der Waals surface area contributed by atoms with Gasteiger partial charge in [0.2, 0.25) is 0 Å². The molecule has 3 fully saturated rings. The summed E-state index contributed by atoms with van der Waals surface area (Å²) in [6, 6.07) is 5.99. The number of amides is 1. The minimum Gasteiger partial charge on any atom is -0.449 e. The number of fused-ring (bicyclic) bond motifs is 4. The molecule has 5 heterocycles. The first-order valence-electron chi connectivity index (χ1n) is 7.62. The van der Waals surface area contributed by atoms with E-state index in [4.69, 9.17) is 4.42 Å². The molecule has 0 saturated carbocycles. The molecule has 3 aliphatic heterocycles. The van der Waals surface area contributed by atoms with E-state index in [0.717, 1.165) is 18.6 Å². The van der Waals surface area contributed by atoms with Gasteiger partial charge in [-0.1, -0.05) is 0 Å². The Kier molecular flexibility index (Phi) is 2.96. The van der Waals surface area contributed by atoms with Gasteiger partial charge < -0.3 is 9.73 Å². The zero-order valence-electron chi connectivity index (χ0n) is 12.1. The van der Waals surface area contributed by atoms with Crippen LogP contribution < -0.4 is 5.32 Å². The summed E-state index contributed by atoms with van der Waals surface area (Å²) in [5.41, 5.74) is 1.38. The van der Waals surface area contributed by atoms with Gasteiger partial charge in [-0.3, -0.25) is 14.7 Å². The predicted molar refractivity (Wildman–Crippen MR) is 79.0 cm³/mol. The van der Waals surface area contributed by atoms with Gasteiger partial charge in [0.05, 0.1) is 0 Å². The standard InChI is InChI=1S/C16H19N3O2/c1-10-15(11-4-7-19(10)8-5-11)18-16(20)14-9-12-13(21-14)3-2-6-17-12/h2-3,6,9-11,15H,4-5,7-8H2,1H3,(H,18,20). The van der Waals surface area contributed by atoms with E-state index in [1.165, 1.54) is 12.8 Å². The number of hydrogen-bond donors (Lipinski definition) is 1. The molecule has 1 N–H and O–H groups in total. The van der Waals surface area contributed by atoms with E-state index in [1.807, 2.05) is 12.1 Å². The molecule has 2 aromatic rings. The van der Waals surface area contributed by atoms with Crippen LogP contribution in [0.25, 0.3) is 11.1 Å². The quantitative estimate of drug-likeness (QED) is 0.917. The minimum atomic E-state index is -0.126. The highest BCUT2D eigenvalue weighted by atomic mass is 16.3. The maximum Gasteiger partial charge on any atom is 0.287 e. The fourth-order valence-electron chi connectivity index (χ4n) is 3.75. The van der Waals surface area contributed by atoms with Crippen molar-refractivity contribution in [3.8, 4) is 0 Å². The zero-order chi connectivity index (χ0) is 14.4. The minimum absolute atomic E-state index is 0.126. The van der Waals surface area contributed by atoms with Crippen molar-refractivity contribution in [2.75, 3.05) is 13.1 Å². The average Bonchev–Trinajstić information content (AvgIpc) is 2.95. The largest absolute Gasteiger partial charge is 0.449 e. The molecule has 3 aliphatic rings. The van der Waals surface area contributed by atoms with Crippen molar-refractivity contribution in [3.63, 3.8) is 0 Å². The van der Waals surface area contributed by atoms with E-state index in [1.54, 1.807) is 12.3 Å². The second-order valence-electron chi connectivity index (χ2n) is 6.11. The van der Waals surface area contributed by atoms with Crippen molar-refractivity contribution < 1.29 is 9.21 Å². The van der Waals surface area contributed by atoms with E-state index in [9.17, 15) is 4.79 Å². The fraction of sp³-hybridized carbons (Fsp3) is 0.500. The number of rotatable bonds is 2. The van der Waals surface area contributed by atoms with Gasteiger partial charge >= 0.3 is 0 Å². The number of nitrogens with zero attached hydrogens (tertiary/aromatic N) is 2. The van der Waals surface area contributed by atoms with E-state index >= 15 is 0 Å². The summed E-state index contributed by atoms with van der Waals surface area (Å²) >= 11 is 0. The van der Waals surface area contributed by atoms with Crippen LogP contribution in [0.4, 0.5) is 0 Å². The summed E-state index contributed by atoms with van der Waals surface area (Å²) in [7, 11) is 0. The Morgan fingerprint density at radius 3 is 2.95 bits per heavy atom. The lowest BCUT2D eigenvalue weighted by molar-refractivity contribution is 0.0212. The second kappa shape index (κ2) is 4.84. The molecule has 0 aromatic carbocycles. The third-order valence-electron chi connectivity index (χ3n) is 4.99. The number of furan rings is 1. The van der Waals surface area contributed by atoms with E-state index in [2.05, 4.69) is 22.1 Å². The maximum atomic E-state index is 12.5. The number of pyridine rings is 1. The molecule has 21 heavy (non-hydrogen) atoms. The Morgan fingerprint density at radius 2 is 2.24 bits per heavy atom. The SMILES string of the molecule is CC1C(NC(=O)c2cc3ncccc3o2)C2CCN1CC2. The van der Waals surface area contributed by atoms with Crippen LogP contribution in [0.15, 0.2) is 28.8 Å². The van der Waals surface area contributed by atoms with Crippen LogP contribution in [0.1, 0.15) is 30.3 Å². The van der Waals surface area contributed by atoms with Crippen molar-refractivity contribution in [3.05, 3.63) is 30.2 Å². The van der Waals surface area contributed by atoms with Crippen LogP contribution in [0.2, 0.25) is 0 Å². The molecule has 2 unspecified atom stereocenters. The van der Waals surface area contributed by atoms with Crippen LogP contribution in [0.5, 0.6) is 0 Å². The third-order valence-corrected chi connectivity index (χ3v) is 4.99. The molecule has 5 nitrogen and oxygen atoms in total. The number of carbonyl (C=O) groups excluding carboxylic acids is 1. The van der Waals surface area contributed by atoms with Gasteiger partial charge in [-0.25, -0.2) is 0 Å². The van der Waals surface area contributed by atoms with Crippen LogP contribution in [-0.2, 0) is 0 Å². The monoisotopic (exact) mass is 285 g/mol. The zero-order valence-corrected chi connectivity index (χ0v) is 12.1. The lowest BCUT2D eigenvalue weighted by Gasteiger charge is -2.49. The molecular formula is C16H19N3O2. The number of carbonyl (C=O) groups is 1. The lowest BCUT2D eigenvalue weighted by Crippen LogP contribution is -2.62. The normalized spacial score (nSPS) is 31.5. The molecule has 5 rings (SSSR count). The molecule has 1 amide bonds. The number of nitrogens with one attached hydrogen (secondary N) is 1. The van der Waals surface area contributed by atoms with Crippen molar-refractivity contribution in [2.45, 2.75) is 31.8 Å². The van der Waals surface area contributed by atoms with Gasteiger partial charge in [0.1, 0.15) is 5.52 Å². The molecule has 0 spiro atoms. The Labute approximate surface area is 123 Å². The summed E-state index contributed by atoms with van der Waals surface area (Å²) in [6.45, 7) is 4.52. The number of piperidine rings is 3. The first-order chi connectivity index (χ1) is 10.2. The summed E-state index contributed by atoms with van der Waals surface area (Å²) in [5, 5.41) is 3.18. The molecule has 2 atom stereocenters. The highest BCUT2D eigenvalue weighted by Gasteiger charge is 2.40. The second-order valence-corrected chi connectivity index (χ2v) is 6.11. The Hall–Kier alpha value is -1.88. The van der Waals surface area contributed by atoms with Crippen LogP contribution in [0.3, 0.4) is 0 Å². The highest BCUT2D eigenvalue weighted by molar-refractivity contribution is 5.95. The van der Waals surface area contributed by atoms with Crippen molar-refractivity contribution in [1.82, 2.24) is 15.2 Å². The number of aromatic nitrogens is 1. The molecule has 5 heteroatoms. The van der Waals surface area contributed by atoms with Gasteiger partial charge in [-0.2, -0.15) is 0 Å². The number of hydrogen-bond acceptors (Lipinski definition) is 4. The van der Waals surface area contributed by atoms with Crippen molar-refractivity contribution in [2.24, 2.45) is 5.92 Å². The first-order valence-corrected chi connectivity index (χ1v) is 7.62. The van der Waals surface area contributed by atoms with Crippen LogP contribution >= 0.6 is 0 Å². The fourth-order valence-corrected chi connectivity index (χ4v) is 3.75. The summed E-state index contributed by atoms with van der Waals surface area (Å²) < 4.78 is 5.60.